The van der Waals surface area contributed by atoms with E-state index in [9.17, 15) is 23.1 Å². The maximum absolute atomic E-state index is 12.9. The fourth-order valence-electron chi connectivity index (χ4n) is 4.20. The number of alkyl carbamates (subject to hydrolysis) is 1. The zero-order chi connectivity index (χ0) is 23.9. The number of amides is 1. The minimum atomic E-state index is -3.81. The number of carboxylic acids is 1. The van der Waals surface area contributed by atoms with E-state index in [1.807, 2.05) is 48.5 Å². The molecule has 1 aliphatic rings. The summed E-state index contributed by atoms with van der Waals surface area (Å²) in [6.45, 7) is -0.503. The first-order valence-electron chi connectivity index (χ1n) is 10.5. The molecule has 9 heteroatoms. The zero-order valence-corrected chi connectivity index (χ0v) is 18.6. The largest absolute Gasteiger partial charge is 0.480 e. The number of fused-ring (bicyclic) bond motifs is 4. The molecule has 0 bridgehead atoms. The molecule has 0 aliphatic carbocycles. The van der Waals surface area contributed by atoms with Crippen LogP contribution >= 0.6 is 0 Å². The van der Waals surface area contributed by atoms with Crippen molar-refractivity contribution in [2.75, 3.05) is 6.61 Å². The van der Waals surface area contributed by atoms with Gasteiger partial charge in [-0.05, 0) is 34.5 Å². The number of carboxylic acid groups (broad SMARTS) is 1. The Balaban J connectivity index is 1.30. The molecule has 34 heavy (non-hydrogen) atoms. The van der Waals surface area contributed by atoms with Gasteiger partial charge in [-0.15, -0.1) is 0 Å². The molecule has 3 N–H and O–H groups in total. The normalized spacial score (nSPS) is 15.0. The van der Waals surface area contributed by atoms with Gasteiger partial charge in [0.1, 0.15) is 12.6 Å². The highest BCUT2D eigenvalue weighted by Gasteiger charge is 2.32. The van der Waals surface area contributed by atoms with Crippen molar-refractivity contribution in [2.45, 2.75) is 17.4 Å². The van der Waals surface area contributed by atoms with E-state index in [-0.39, 0.29) is 16.2 Å². The van der Waals surface area contributed by atoms with Crippen LogP contribution in [0.5, 0.6) is 0 Å². The second-order valence-corrected chi connectivity index (χ2v) is 9.96. The van der Waals surface area contributed by atoms with Crippen LogP contribution in [0.3, 0.4) is 0 Å². The fraction of sp³-hybridized carbons (Fsp3) is 0.120. The van der Waals surface area contributed by atoms with Crippen molar-refractivity contribution in [3.05, 3.63) is 82.9 Å². The number of aliphatic carboxylic acids is 1. The van der Waals surface area contributed by atoms with Crippen LogP contribution in [0.1, 0.15) is 11.1 Å². The van der Waals surface area contributed by atoms with Crippen LogP contribution < -0.4 is 5.32 Å². The first-order valence-corrected chi connectivity index (χ1v) is 12.0. The minimum Gasteiger partial charge on any atom is -0.480 e. The Kier molecular flexibility index (Phi) is 5.33. The lowest BCUT2D eigenvalue weighted by atomic mass is 10.0. The van der Waals surface area contributed by atoms with Gasteiger partial charge in [0.25, 0.3) is 0 Å². The highest BCUT2D eigenvalue weighted by molar-refractivity contribution is 7.95. The lowest BCUT2D eigenvalue weighted by Gasteiger charge is -2.14. The number of nitrogens with one attached hydrogen (secondary N) is 2. The molecule has 0 saturated heterocycles. The van der Waals surface area contributed by atoms with Crippen molar-refractivity contribution >= 4 is 49.7 Å². The number of carbonyl (C=O) groups excluding carboxylic acids is 1. The maximum atomic E-state index is 12.9. The van der Waals surface area contributed by atoms with Gasteiger partial charge in [0.05, 0.1) is 9.80 Å². The molecule has 3 aromatic carbocycles. The van der Waals surface area contributed by atoms with Crippen molar-refractivity contribution < 1.29 is 27.9 Å². The van der Waals surface area contributed by atoms with E-state index in [4.69, 9.17) is 4.74 Å². The number of ether oxygens (including phenoxy) is 1. The van der Waals surface area contributed by atoms with Crippen LogP contribution in [0.2, 0.25) is 0 Å². The van der Waals surface area contributed by atoms with Crippen LogP contribution in [0, 0.1) is 0 Å². The fourth-order valence-corrected chi connectivity index (χ4v) is 5.67. The number of hydrogen-bond donors (Lipinski definition) is 3. The van der Waals surface area contributed by atoms with Crippen LogP contribution in [0.15, 0.2) is 76.7 Å². The van der Waals surface area contributed by atoms with Gasteiger partial charge in [-0.1, -0.05) is 48.5 Å². The van der Waals surface area contributed by atoms with Gasteiger partial charge in [0, 0.05) is 29.1 Å². The monoisotopic (exact) mass is 476 g/mol. The summed E-state index contributed by atoms with van der Waals surface area (Å²) in [6, 6.07) is 16.9. The summed E-state index contributed by atoms with van der Waals surface area (Å²) in [4.78, 5) is 27.3. The van der Waals surface area contributed by atoms with Gasteiger partial charge in [-0.25, -0.2) is 18.0 Å². The Labute approximate surface area is 194 Å². The number of benzene rings is 3. The van der Waals surface area contributed by atoms with E-state index in [1.54, 1.807) is 12.3 Å². The predicted molar refractivity (Wildman–Crippen MR) is 127 cm³/mol. The number of para-hydroxylation sites is 1. The molecule has 4 aromatic rings. The van der Waals surface area contributed by atoms with E-state index in [0.717, 1.165) is 27.2 Å². The number of H-pyrrole nitrogens is 1. The summed E-state index contributed by atoms with van der Waals surface area (Å²) in [5.41, 5.74) is 2.14. The first kappa shape index (κ1) is 21.7. The van der Waals surface area contributed by atoms with Crippen LogP contribution in [0.25, 0.3) is 27.8 Å². The number of hydrogen-bond acceptors (Lipinski definition) is 5. The highest BCUT2D eigenvalue weighted by Crippen LogP contribution is 2.37. The quantitative estimate of drug-likeness (QED) is 0.388. The van der Waals surface area contributed by atoms with E-state index >= 15 is 0 Å². The van der Waals surface area contributed by atoms with E-state index < -0.39 is 34.5 Å². The number of rotatable bonds is 6. The Morgan fingerprint density at radius 1 is 1.00 bits per heavy atom. The van der Waals surface area contributed by atoms with E-state index in [0.29, 0.717) is 5.56 Å². The van der Waals surface area contributed by atoms with Crippen LogP contribution in [0.4, 0.5) is 4.79 Å². The molecule has 1 atom stereocenters. The average Bonchev–Trinajstić information content (AvgIpc) is 3.35. The third-order valence-corrected chi connectivity index (χ3v) is 7.77. The summed E-state index contributed by atoms with van der Waals surface area (Å²) >= 11 is 0. The SMILES string of the molecule is O=C(N[C@@H](Cc1c[nH]c2ccccc12)C(=O)O)OCC1=Cc2c(ccc3ccccc23)S1(=O)=O. The van der Waals surface area contributed by atoms with Crippen molar-refractivity contribution in [2.24, 2.45) is 0 Å². The van der Waals surface area contributed by atoms with E-state index in [2.05, 4.69) is 10.3 Å². The van der Waals surface area contributed by atoms with Crippen molar-refractivity contribution in [1.82, 2.24) is 10.3 Å². The van der Waals surface area contributed by atoms with Crippen molar-refractivity contribution in [3.8, 4) is 0 Å². The van der Waals surface area contributed by atoms with Gasteiger partial charge >= 0.3 is 12.1 Å². The summed E-state index contributed by atoms with van der Waals surface area (Å²) in [5.74, 6) is -1.23. The molecule has 1 aliphatic heterocycles. The first-order chi connectivity index (χ1) is 16.3. The number of carbonyl (C=O) groups is 2. The van der Waals surface area contributed by atoms with Gasteiger partial charge in [0.15, 0.2) is 0 Å². The molecule has 0 spiro atoms. The molecule has 172 valence electrons. The molecule has 0 saturated carbocycles. The standard InChI is InChI=1S/C25H20N2O6S/c28-24(29)22(11-16-13-26-21-8-4-3-7-19(16)21)27-25(30)33-14-17-12-20-18-6-2-1-5-15(18)9-10-23(20)34(17,31)32/h1-10,12-13,22,26H,11,14H2,(H,27,30)(H,28,29)/t22-/m0/s1. The smallest absolute Gasteiger partial charge is 0.408 e. The molecule has 5 rings (SSSR count). The molecular formula is C25H20N2O6S. The minimum absolute atomic E-state index is 0.0346. The van der Waals surface area contributed by atoms with Gasteiger partial charge in [-0.2, -0.15) is 0 Å². The highest BCUT2D eigenvalue weighted by atomic mass is 32.2. The van der Waals surface area contributed by atoms with Crippen molar-refractivity contribution in [1.29, 1.82) is 0 Å². The van der Waals surface area contributed by atoms with Crippen LogP contribution in [-0.2, 0) is 25.8 Å². The molecule has 2 heterocycles. The molecule has 0 fully saturated rings. The van der Waals surface area contributed by atoms with E-state index in [1.165, 1.54) is 12.1 Å². The lowest BCUT2D eigenvalue weighted by molar-refractivity contribution is -0.139. The summed E-state index contributed by atoms with van der Waals surface area (Å²) in [7, 11) is -3.81. The molecule has 0 radical (unpaired) electrons. The summed E-state index contributed by atoms with van der Waals surface area (Å²) < 4.78 is 31.0. The second kappa shape index (κ2) is 8.35. The third-order valence-electron chi connectivity index (χ3n) is 5.91. The maximum Gasteiger partial charge on any atom is 0.408 e. The zero-order valence-electron chi connectivity index (χ0n) is 17.8. The Bertz CT molecular complexity index is 1590. The lowest BCUT2D eigenvalue weighted by Crippen LogP contribution is -2.42. The second-order valence-electron chi connectivity index (χ2n) is 7.99. The summed E-state index contributed by atoms with van der Waals surface area (Å²) in [5, 5.41) is 14.5. The molecular weight excluding hydrogens is 456 g/mol. The molecule has 1 aromatic heterocycles. The topological polar surface area (TPSA) is 126 Å². The Hall–Kier alpha value is -4.11. The number of aromatic nitrogens is 1. The Morgan fingerprint density at radius 3 is 2.53 bits per heavy atom. The van der Waals surface area contributed by atoms with Crippen LogP contribution in [-0.4, -0.2) is 43.2 Å². The van der Waals surface area contributed by atoms with Crippen molar-refractivity contribution in [3.63, 3.8) is 0 Å². The molecule has 1 amide bonds. The van der Waals surface area contributed by atoms with Gasteiger partial charge in [0.2, 0.25) is 9.84 Å². The van der Waals surface area contributed by atoms with Gasteiger partial charge < -0.3 is 20.1 Å². The molecule has 8 nitrogen and oxygen atoms in total. The average molecular weight is 477 g/mol. The molecule has 0 unspecified atom stereocenters. The number of aromatic amines is 1. The predicted octanol–water partition coefficient (Wildman–Crippen LogP) is 3.87. The third kappa shape index (κ3) is 3.80. The summed E-state index contributed by atoms with van der Waals surface area (Å²) in [6.07, 6.45) is 2.22. The Morgan fingerprint density at radius 2 is 1.74 bits per heavy atom. The number of sulfone groups is 1. The van der Waals surface area contributed by atoms with Gasteiger partial charge in [-0.3, -0.25) is 0 Å².